The summed E-state index contributed by atoms with van der Waals surface area (Å²) in [4.78, 5) is 16.1. The Balaban J connectivity index is 1.89. The fraction of sp³-hybridized carbons (Fsp3) is 0.231. The van der Waals surface area contributed by atoms with Gasteiger partial charge in [0, 0.05) is 28.4 Å². The average Bonchev–Trinajstić information content (AvgIpc) is 2.85. The molecule has 0 radical (unpaired) electrons. The first-order valence-electron chi connectivity index (χ1n) is 5.58. The van der Waals surface area contributed by atoms with Crippen LogP contribution < -0.4 is 5.32 Å². The highest BCUT2D eigenvalue weighted by Crippen LogP contribution is 2.16. The van der Waals surface area contributed by atoms with E-state index in [0.717, 1.165) is 22.2 Å². The molecular formula is C13H13BrN2OS. The zero-order chi connectivity index (χ0) is 13.0. The number of carbonyl (C=O) groups excluding carboxylic acids is 1. The smallest absolute Gasteiger partial charge is 0.251 e. The first-order chi connectivity index (χ1) is 8.66. The predicted octanol–water partition coefficient (Wildman–Crippen LogP) is 3.19. The number of carbonyl (C=O) groups is 1. The van der Waals surface area contributed by atoms with Crippen LogP contribution in [0.5, 0.6) is 0 Å². The van der Waals surface area contributed by atoms with Crippen LogP contribution in [0.15, 0.2) is 33.6 Å². The van der Waals surface area contributed by atoms with E-state index in [0.29, 0.717) is 12.1 Å². The normalized spacial score (nSPS) is 10.3. The van der Waals surface area contributed by atoms with Crippen molar-refractivity contribution in [2.75, 3.05) is 6.54 Å². The maximum absolute atomic E-state index is 11.9. The van der Waals surface area contributed by atoms with Gasteiger partial charge >= 0.3 is 0 Å². The molecule has 0 saturated carbocycles. The summed E-state index contributed by atoms with van der Waals surface area (Å²) in [5, 5.41) is 4.89. The molecule has 0 spiro atoms. The Morgan fingerprint density at radius 1 is 1.50 bits per heavy atom. The second kappa shape index (κ2) is 6.11. The largest absolute Gasteiger partial charge is 0.352 e. The first kappa shape index (κ1) is 13.2. The molecule has 18 heavy (non-hydrogen) atoms. The van der Waals surface area contributed by atoms with Gasteiger partial charge in [0.25, 0.3) is 5.91 Å². The van der Waals surface area contributed by atoms with Crippen LogP contribution in [0.4, 0.5) is 0 Å². The molecule has 94 valence electrons. The molecule has 1 amide bonds. The van der Waals surface area contributed by atoms with E-state index in [-0.39, 0.29) is 5.91 Å². The summed E-state index contributed by atoms with van der Waals surface area (Å²) in [6, 6.07) is 5.59. The van der Waals surface area contributed by atoms with Crippen molar-refractivity contribution in [3.63, 3.8) is 0 Å². The van der Waals surface area contributed by atoms with Crippen LogP contribution in [0, 0.1) is 6.92 Å². The van der Waals surface area contributed by atoms with Crippen LogP contribution >= 0.6 is 27.3 Å². The maximum Gasteiger partial charge on any atom is 0.251 e. The highest BCUT2D eigenvalue weighted by molar-refractivity contribution is 9.10. The SMILES string of the molecule is Cc1cc(C(=O)NCCc2cscn2)ccc1Br. The van der Waals surface area contributed by atoms with Crippen LogP contribution in [0.2, 0.25) is 0 Å². The van der Waals surface area contributed by atoms with E-state index in [1.54, 1.807) is 16.8 Å². The number of nitrogens with one attached hydrogen (secondary N) is 1. The summed E-state index contributed by atoms with van der Waals surface area (Å²) >= 11 is 4.99. The Labute approximate surface area is 118 Å². The van der Waals surface area contributed by atoms with Crippen LogP contribution in [0.1, 0.15) is 21.6 Å². The van der Waals surface area contributed by atoms with E-state index in [2.05, 4.69) is 26.2 Å². The van der Waals surface area contributed by atoms with Crippen molar-refractivity contribution in [3.8, 4) is 0 Å². The zero-order valence-electron chi connectivity index (χ0n) is 9.94. The second-order valence-electron chi connectivity index (χ2n) is 3.95. The molecule has 1 aromatic heterocycles. The third-order valence-corrected chi connectivity index (χ3v) is 4.10. The number of hydrogen-bond acceptors (Lipinski definition) is 3. The highest BCUT2D eigenvalue weighted by atomic mass is 79.9. The van der Waals surface area contributed by atoms with Gasteiger partial charge in [0.2, 0.25) is 0 Å². The average molecular weight is 325 g/mol. The fourth-order valence-electron chi connectivity index (χ4n) is 1.55. The second-order valence-corrected chi connectivity index (χ2v) is 5.52. The Morgan fingerprint density at radius 2 is 2.33 bits per heavy atom. The van der Waals surface area contributed by atoms with Gasteiger partial charge in [0.15, 0.2) is 0 Å². The van der Waals surface area contributed by atoms with Crippen molar-refractivity contribution in [1.29, 1.82) is 0 Å². The third kappa shape index (κ3) is 3.40. The van der Waals surface area contributed by atoms with Gasteiger partial charge in [-0.15, -0.1) is 11.3 Å². The molecule has 2 rings (SSSR count). The van der Waals surface area contributed by atoms with Gasteiger partial charge in [0.05, 0.1) is 11.2 Å². The Hall–Kier alpha value is -1.20. The van der Waals surface area contributed by atoms with E-state index in [4.69, 9.17) is 0 Å². The number of rotatable bonds is 4. The standard InChI is InChI=1S/C13H13BrN2OS/c1-9-6-10(2-3-12(9)14)13(17)15-5-4-11-7-18-8-16-11/h2-3,6-8H,4-5H2,1H3,(H,15,17). The lowest BCUT2D eigenvalue weighted by atomic mass is 10.1. The van der Waals surface area contributed by atoms with Crippen LogP contribution in [0.25, 0.3) is 0 Å². The first-order valence-corrected chi connectivity index (χ1v) is 7.32. The van der Waals surface area contributed by atoms with Gasteiger partial charge in [-0.05, 0) is 30.7 Å². The Morgan fingerprint density at radius 3 is 3.00 bits per heavy atom. The van der Waals surface area contributed by atoms with Crippen molar-refractivity contribution in [3.05, 3.63) is 50.4 Å². The topological polar surface area (TPSA) is 42.0 Å². The lowest BCUT2D eigenvalue weighted by Crippen LogP contribution is -2.25. The molecule has 0 atom stereocenters. The molecule has 0 fully saturated rings. The molecule has 0 aliphatic heterocycles. The van der Waals surface area contributed by atoms with Crippen molar-refractivity contribution < 1.29 is 4.79 Å². The molecule has 1 aromatic carbocycles. The molecular weight excluding hydrogens is 312 g/mol. The van der Waals surface area contributed by atoms with E-state index >= 15 is 0 Å². The van der Waals surface area contributed by atoms with Gasteiger partial charge in [-0.25, -0.2) is 4.98 Å². The van der Waals surface area contributed by atoms with Crippen LogP contribution in [-0.4, -0.2) is 17.4 Å². The lowest BCUT2D eigenvalue weighted by Gasteiger charge is -2.06. The number of benzene rings is 1. The van der Waals surface area contributed by atoms with Gasteiger partial charge in [-0.3, -0.25) is 4.79 Å². The minimum Gasteiger partial charge on any atom is -0.352 e. The Bertz CT molecular complexity index is 540. The minimum absolute atomic E-state index is 0.0409. The number of hydrogen-bond donors (Lipinski definition) is 1. The van der Waals surface area contributed by atoms with Gasteiger partial charge in [-0.2, -0.15) is 0 Å². The van der Waals surface area contributed by atoms with Crippen molar-refractivity contribution in [1.82, 2.24) is 10.3 Å². The summed E-state index contributed by atoms with van der Waals surface area (Å²) in [6.07, 6.45) is 0.769. The summed E-state index contributed by atoms with van der Waals surface area (Å²) in [5.41, 5.74) is 4.57. The zero-order valence-corrected chi connectivity index (χ0v) is 12.3. The minimum atomic E-state index is -0.0409. The van der Waals surface area contributed by atoms with E-state index in [9.17, 15) is 4.79 Å². The molecule has 5 heteroatoms. The summed E-state index contributed by atoms with van der Waals surface area (Å²) in [6.45, 7) is 2.58. The molecule has 1 N–H and O–H groups in total. The summed E-state index contributed by atoms with van der Waals surface area (Å²) in [5.74, 6) is -0.0409. The number of nitrogens with zero attached hydrogens (tertiary/aromatic N) is 1. The maximum atomic E-state index is 11.9. The molecule has 0 aliphatic carbocycles. The van der Waals surface area contributed by atoms with Crippen LogP contribution in [0.3, 0.4) is 0 Å². The van der Waals surface area contributed by atoms with E-state index in [1.807, 2.05) is 30.5 Å². The Kier molecular flexibility index (Phi) is 4.49. The summed E-state index contributed by atoms with van der Waals surface area (Å²) in [7, 11) is 0. The highest BCUT2D eigenvalue weighted by Gasteiger charge is 2.06. The lowest BCUT2D eigenvalue weighted by molar-refractivity contribution is 0.0954. The van der Waals surface area contributed by atoms with E-state index < -0.39 is 0 Å². The van der Waals surface area contributed by atoms with Gasteiger partial charge in [0.1, 0.15) is 0 Å². The molecule has 0 bridgehead atoms. The van der Waals surface area contributed by atoms with E-state index in [1.165, 1.54) is 0 Å². The van der Waals surface area contributed by atoms with Crippen molar-refractivity contribution in [2.24, 2.45) is 0 Å². The molecule has 0 aliphatic rings. The molecule has 1 heterocycles. The monoisotopic (exact) mass is 324 g/mol. The fourth-order valence-corrected chi connectivity index (χ4v) is 2.39. The third-order valence-electron chi connectivity index (χ3n) is 2.57. The van der Waals surface area contributed by atoms with Crippen molar-refractivity contribution >= 4 is 33.2 Å². The molecule has 3 nitrogen and oxygen atoms in total. The number of aryl methyl sites for hydroxylation is 1. The number of thiazole rings is 1. The number of aromatic nitrogens is 1. The number of halogens is 1. The van der Waals surface area contributed by atoms with Crippen molar-refractivity contribution in [2.45, 2.75) is 13.3 Å². The molecule has 0 saturated heterocycles. The van der Waals surface area contributed by atoms with Gasteiger partial charge < -0.3 is 5.32 Å². The predicted molar refractivity (Wildman–Crippen MR) is 77.0 cm³/mol. The summed E-state index contributed by atoms with van der Waals surface area (Å²) < 4.78 is 1.02. The number of amides is 1. The molecule has 0 unspecified atom stereocenters. The van der Waals surface area contributed by atoms with Crippen LogP contribution in [-0.2, 0) is 6.42 Å². The quantitative estimate of drug-likeness (QED) is 0.938. The van der Waals surface area contributed by atoms with Gasteiger partial charge in [-0.1, -0.05) is 15.9 Å². The molecule has 2 aromatic rings.